The predicted molar refractivity (Wildman–Crippen MR) is 75.9 cm³/mol. The smallest absolute Gasteiger partial charge is 0.228 e. The highest BCUT2D eigenvalue weighted by Gasteiger charge is 2.27. The van der Waals surface area contributed by atoms with Crippen LogP contribution < -0.4 is 9.64 Å². The zero-order valence-electron chi connectivity index (χ0n) is 11.9. The minimum Gasteiger partial charge on any atom is -0.481 e. The molecule has 1 saturated heterocycles. The molecule has 1 fully saturated rings. The quantitative estimate of drug-likeness (QED) is 0.848. The van der Waals surface area contributed by atoms with Crippen molar-refractivity contribution in [2.45, 2.75) is 32.4 Å². The maximum atomic E-state index is 5.18. The van der Waals surface area contributed by atoms with Crippen molar-refractivity contribution < 1.29 is 4.74 Å². The van der Waals surface area contributed by atoms with E-state index in [1.165, 1.54) is 5.56 Å². The Morgan fingerprint density at radius 2 is 2.35 bits per heavy atom. The largest absolute Gasteiger partial charge is 0.481 e. The lowest BCUT2D eigenvalue weighted by atomic mass is 10.2. The molecule has 0 saturated carbocycles. The van der Waals surface area contributed by atoms with Crippen molar-refractivity contribution in [3.05, 3.63) is 30.2 Å². The lowest BCUT2D eigenvalue weighted by molar-refractivity contribution is 0.396. The van der Waals surface area contributed by atoms with Crippen LogP contribution in [0.15, 0.2) is 24.7 Å². The summed E-state index contributed by atoms with van der Waals surface area (Å²) in [6, 6.07) is 2.16. The Morgan fingerprint density at radius 1 is 1.45 bits per heavy atom. The topological polar surface area (TPSA) is 56.1 Å². The highest BCUT2D eigenvalue weighted by Crippen LogP contribution is 2.24. The van der Waals surface area contributed by atoms with Crippen LogP contribution in [0.1, 0.15) is 18.4 Å². The molecule has 0 amide bonds. The van der Waals surface area contributed by atoms with Crippen LogP contribution in [0, 0.1) is 6.92 Å². The van der Waals surface area contributed by atoms with Crippen molar-refractivity contribution in [2.24, 2.45) is 0 Å². The molecule has 6 nitrogen and oxygen atoms in total. The van der Waals surface area contributed by atoms with Crippen LogP contribution in [0.3, 0.4) is 0 Å². The van der Waals surface area contributed by atoms with Gasteiger partial charge in [0.15, 0.2) is 0 Å². The monoisotopic (exact) mass is 273 g/mol. The highest BCUT2D eigenvalue weighted by molar-refractivity contribution is 5.35. The van der Waals surface area contributed by atoms with Crippen LogP contribution >= 0.6 is 0 Å². The fourth-order valence-corrected chi connectivity index (χ4v) is 2.66. The third-order valence-electron chi connectivity index (χ3n) is 3.62. The second-order valence-electron chi connectivity index (χ2n) is 5.13. The molecule has 1 atom stereocenters. The molecule has 0 radical (unpaired) electrons. The molecule has 1 aliphatic heterocycles. The van der Waals surface area contributed by atoms with Crippen LogP contribution in [-0.4, -0.2) is 39.4 Å². The molecule has 20 heavy (non-hydrogen) atoms. The Hall–Kier alpha value is -2.11. The maximum Gasteiger partial charge on any atom is 0.228 e. The number of aryl methyl sites for hydroxylation is 1. The molecule has 0 aromatic carbocycles. The van der Waals surface area contributed by atoms with Gasteiger partial charge in [-0.05, 0) is 25.3 Å². The zero-order valence-corrected chi connectivity index (χ0v) is 11.9. The predicted octanol–water partition coefficient (Wildman–Crippen LogP) is 1.66. The fourth-order valence-electron chi connectivity index (χ4n) is 2.66. The maximum absolute atomic E-state index is 5.18. The first kappa shape index (κ1) is 12.9. The van der Waals surface area contributed by atoms with Gasteiger partial charge in [-0.1, -0.05) is 0 Å². The molecular formula is C14H19N5O. The molecule has 6 heteroatoms. The summed E-state index contributed by atoms with van der Waals surface area (Å²) < 4.78 is 7.17. The van der Waals surface area contributed by atoms with E-state index >= 15 is 0 Å². The average molecular weight is 273 g/mol. The first-order valence-electron chi connectivity index (χ1n) is 6.89. The molecule has 0 N–H and O–H groups in total. The Kier molecular flexibility index (Phi) is 3.54. The van der Waals surface area contributed by atoms with Gasteiger partial charge in [0.1, 0.15) is 0 Å². The van der Waals surface area contributed by atoms with E-state index in [0.717, 1.165) is 31.9 Å². The Balaban J connectivity index is 1.77. The van der Waals surface area contributed by atoms with Crippen molar-refractivity contribution in [3.8, 4) is 5.88 Å². The average Bonchev–Trinajstić information content (AvgIpc) is 3.08. The van der Waals surface area contributed by atoms with E-state index in [9.17, 15) is 0 Å². The van der Waals surface area contributed by atoms with Crippen LogP contribution in [0.5, 0.6) is 5.88 Å². The van der Waals surface area contributed by atoms with Crippen molar-refractivity contribution >= 4 is 5.95 Å². The minimum absolute atomic E-state index is 0.390. The van der Waals surface area contributed by atoms with Crippen LogP contribution in [0.25, 0.3) is 0 Å². The SMILES string of the molecule is COc1ccnc(N2CCCC2Cn2cc(C)cn2)n1. The van der Waals surface area contributed by atoms with Gasteiger partial charge in [0, 0.05) is 25.0 Å². The van der Waals surface area contributed by atoms with Gasteiger partial charge in [0.2, 0.25) is 11.8 Å². The number of nitrogens with zero attached hydrogens (tertiary/aromatic N) is 5. The second kappa shape index (κ2) is 5.48. The lowest BCUT2D eigenvalue weighted by Gasteiger charge is -2.24. The van der Waals surface area contributed by atoms with E-state index in [4.69, 9.17) is 4.74 Å². The molecule has 2 aromatic rings. The molecule has 1 unspecified atom stereocenters. The summed E-state index contributed by atoms with van der Waals surface area (Å²) in [7, 11) is 1.63. The summed E-state index contributed by atoms with van der Waals surface area (Å²) in [5.74, 6) is 1.35. The van der Waals surface area contributed by atoms with Crippen molar-refractivity contribution in [1.29, 1.82) is 0 Å². The Labute approximate surface area is 118 Å². The highest BCUT2D eigenvalue weighted by atomic mass is 16.5. The van der Waals surface area contributed by atoms with Gasteiger partial charge in [-0.3, -0.25) is 4.68 Å². The van der Waals surface area contributed by atoms with E-state index < -0.39 is 0 Å². The van der Waals surface area contributed by atoms with Crippen molar-refractivity contribution in [3.63, 3.8) is 0 Å². The first-order valence-corrected chi connectivity index (χ1v) is 6.89. The number of aromatic nitrogens is 4. The van der Waals surface area contributed by atoms with Gasteiger partial charge in [0.05, 0.1) is 25.9 Å². The van der Waals surface area contributed by atoms with Crippen LogP contribution in [0.2, 0.25) is 0 Å². The Bertz CT molecular complexity index is 582. The van der Waals surface area contributed by atoms with Gasteiger partial charge >= 0.3 is 0 Å². The normalized spacial score (nSPS) is 18.5. The first-order chi connectivity index (χ1) is 9.76. The summed E-state index contributed by atoms with van der Waals surface area (Å²) in [5.41, 5.74) is 1.19. The number of rotatable bonds is 4. The van der Waals surface area contributed by atoms with E-state index in [1.807, 2.05) is 10.9 Å². The molecule has 0 spiro atoms. The van der Waals surface area contributed by atoms with Crippen molar-refractivity contribution in [2.75, 3.05) is 18.6 Å². The summed E-state index contributed by atoms with van der Waals surface area (Å²) in [6.45, 7) is 3.91. The van der Waals surface area contributed by atoms with Crippen molar-refractivity contribution in [1.82, 2.24) is 19.7 Å². The fraction of sp³-hybridized carbons (Fsp3) is 0.500. The summed E-state index contributed by atoms with van der Waals surface area (Å²) in [4.78, 5) is 11.1. The zero-order chi connectivity index (χ0) is 13.9. The second-order valence-corrected chi connectivity index (χ2v) is 5.13. The number of ether oxygens (including phenoxy) is 1. The molecule has 3 heterocycles. The van der Waals surface area contributed by atoms with Gasteiger partial charge in [0.25, 0.3) is 0 Å². The van der Waals surface area contributed by atoms with Crippen LogP contribution in [0.4, 0.5) is 5.95 Å². The molecule has 0 bridgehead atoms. The summed E-state index contributed by atoms with van der Waals surface area (Å²) >= 11 is 0. The number of hydrogen-bond acceptors (Lipinski definition) is 5. The molecule has 3 rings (SSSR count). The molecule has 106 valence electrons. The summed E-state index contributed by atoms with van der Waals surface area (Å²) in [5, 5.41) is 4.37. The molecular weight excluding hydrogens is 254 g/mol. The Morgan fingerprint density at radius 3 is 3.10 bits per heavy atom. The van der Waals surface area contributed by atoms with Gasteiger partial charge < -0.3 is 9.64 Å². The third-order valence-corrected chi connectivity index (χ3v) is 3.62. The van der Waals surface area contributed by atoms with E-state index in [0.29, 0.717) is 11.9 Å². The number of hydrogen-bond donors (Lipinski definition) is 0. The molecule has 2 aromatic heterocycles. The lowest BCUT2D eigenvalue weighted by Crippen LogP contribution is -2.34. The number of anilines is 1. The molecule has 0 aliphatic carbocycles. The minimum atomic E-state index is 0.390. The van der Waals surface area contributed by atoms with E-state index in [2.05, 4.69) is 33.1 Å². The third kappa shape index (κ3) is 2.59. The number of methoxy groups -OCH3 is 1. The van der Waals surface area contributed by atoms with Gasteiger partial charge in [-0.15, -0.1) is 0 Å². The molecule has 1 aliphatic rings. The summed E-state index contributed by atoms with van der Waals surface area (Å²) in [6.07, 6.45) is 8.00. The van der Waals surface area contributed by atoms with Gasteiger partial charge in [-0.25, -0.2) is 4.98 Å². The van der Waals surface area contributed by atoms with E-state index in [1.54, 1.807) is 19.4 Å². The van der Waals surface area contributed by atoms with Gasteiger partial charge in [-0.2, -0.15) is 10.1 Å². The van der Waals surface area contributed by atoms with E-state index in [-0.39, 0.29) is 0 Å². The van der Waals surface area contributed by atoms with Crippen LogP contribution in [-0.2, 0) is 6.54 Å². The standard InChI is InChI=1S/C14H19N5O/c1-11-8-16-18(9-11)10-12-4-3-7-19(12)14-15-6-5-13(17-14)20-2/h5-6,8-9,12H,3-4,7,10H2,1-2H3.